The number of hydrogen-bond donors (Lipinski definition) is 0. The van der Waals surface area contributed by atoms with Crippen LogP contribution in [0.5, 0.6) is 0 Å². The van der Waals surface area contributed by atoms with Crippen molar-refractivity contribution in [3.05, 3.63) is 41.6 Å². The van der Waals surface area contributed by atoms with Crippen LogP contribution in [0.25, 0.3) is 12.2 Å². The molecule has 0 saturated heterocycles. The van der Waals surface area contributed by atoms with Crippen LogP contribution in [0.15, 0.2) is 39.9 Å². The highest BCUT2D eigenvalue weighted by Gasteiger charge is 1.99. The van der Waals surface area contributed by atoms with Crippen molar-refractivity contribution >= 4 is 29.6 Å². The lowest BCUT2D eigenvalue weighted by Gasteiger charge is -2.11. The van der Waals surface area contributed by atoms with Crippen molar-refractivity contribution < 1.29 is 4.52 Å². The van der Waals surface area contributed by atoms with Crippen molar-refractivity contribution in [2.24, 2.45) is 0 Å². The molecule has 0 N–H and O–H groups in total. The summed E-state index contributed by atoms with van der Waals surface area (Å²) in [6.07, 6.45) is 5.95. The van der Waals surface area contributed by atoms with Gasteiger partial charge in [-0.25, -0.2) is 0 Å². The summed E-state index contributed by atoms with van der Waals surface area (Å²) in [4.78, 5) is 2.08. The van der Waals surface area contributed by atoms with Gasteiger partial charge >= 0.3 is 0 Å². The third-order valence-corrected chi connectivity index (χ3v) is 3.16. The topological polar surface area (TPSA) is 29.3 Å². The fourth-order valence-electron chi connectivity index (χ4n) is 1.51. The normalized spacial score (nSPS) is 11.1. The van der Waals surface area contributed by atoms with Gasteiger partial charge in [-0.05, 0) is 30.0 Å². The molecule has 1 aromatic carbocycles. The predicted octanol–water partition coefficient (Wildman–Crippen LogP) is 3.63. The summed E-state index contributed by atoms with van der Waals surface area (Å²) in [5, 5.41) is 4.79. The van der Waals surface area contributed by atoms with E-state index in [1.54, 1.807) is 11.8 Å². The largest absolute Gasteiger partial charge is 0.378 e. The van der Waals surface area contributed by atoms with Gasteiger partial charge in [0.2, 0.25) is 0 Å². The van der Waals surface area contributed by atoms with Crippen LogP contribution in [0.3, 0.4) is 0 Å². The standard InChI is InChI=1S/C14H16N2OS/c1-16(2)13-8-5-11(6-9-13)4-7-12-10-14(18-3)17-15-12/h4-10H,1-3H3/b7-4+. The molecular formula is C14H16N2OS. The van der Waals surface area contributed by atoms with E-state index in [-0.39, 0.29) is 0 Å². The Morgan fingerprint density at radius 3 is 2.44 bits per heavy atom. The molecule has 0 aliphatic heterocycles. The van der Waals surface area contributed by atoms with E-state index in [4.69, 9.17) is 4.52 Å². The summed E-state index contributed by atoms with van der Waals surface area (Å²) >= 11 is 1.55. The zero-order chi connectivity index (χ0) is 13.0. The van der Waals surface area contributed by atoms with Crippen molar-refractivity contribution in [2.75, 3.05) is 25.3 Å². The molecule has 0 aliphatic rings. The van der Waals surface area contributed by atoms with Crippen LogP contribution in [0.4, 0.5) is 5.69 Å². The Hall–Kier alpha value is -1.68. The number of nitrogens with zero attached hydrogens (tertiary/aromatic N) is 2. The summed E-state index contributed by atoms with van der Waals surface area (Å²) in [6.45, 7) is 0. The van der Waals surface area contributed by atoms with Gasteiger partial charge in [-0.3, -0.25) is 0 Å². The Morgan fingerprint density at radius 1 is 1.17 bits per heavy atom. The zero-order valence-electron chi connectivity index (χ0n) is 10.8. The molecule has 0 radical (unpaired) electrons. The van der Waals surface area contributed by atoms with Crippen molar-refractivity contribution in [1.82, 2.24) is 5.16 Å². The van der Waals surface area contributed by atoms with Crippen LogP contribution in [0.2, 0.25) is 0 Å². The number of aromatic nitrogens is 1. The van der Waals surface area contributed by atoms with Gasteiger partial charge in [0.05, 0.1) is 0 Å². The third kappa shape index (κ3) is 3.17. The van der Waals surface area contributed by atoms with E-state index < -0.39 is 0 Å². The number of anilines is 1. The van der Waals surface area contributed by atoms with Crippen molar-refractivity contribution in [1.29, 1.82) is 0 Å². The Labute approximate surface area is 111 Å². The minimum Gasteiger partial charge on any atom is -0.378 e. The van der Waals surface area contributed by atoms with E-state index in [1.165, 1.54) is 5.69 Å². The van der Waals surface area contributed by atoms with E-state index in [1.807, 2.05) is 38.6 Å². The first-order valence-corrected chi connectivity index (χ1v) is 6.87. The van der Waals surface area contributed by atoms with Crippen LogP contribution in [0, 0.1) is 0 Å². The maximum atomic E-state index is 5.11. The highest BCUT2D eigenvalue weighted by molar-refractivity contribution is 7.98. The predicted molar refractivity (Wildman–Crippen MR) is 78.0 cm³/mol. The molecule has 0 amide bonds. The lowest BCUT2D eigenvalue weighted by Crippen LogP contribution is -2.07. The second-order valence-corrected chi connectivity index (χ2v) is 4.90. The van der Waals surface area contributed by atoms with E-state index >= 15 is 0 Å². The molecule has 1 aromatic heterocycles. The van der Waals surface area contributed by atoms with Crippen molar-refractivity contribution in [3.63, 3.8) is 0 Å². The molecule has 1 heterocycles. The van der Waals surface area contributed by atoms with Crippen LogP contribution < -0.4 is 4.90 Å². The lowest BCUT2D eigenvalue weighted by atomic mass is 10.2. The second kappa shape index (κ2) is 5.78. The average molecular weight is 260 g/mol. The number of hydrogen-bond acceptors (Lipinski definition) is 4. The summed E-state index contributed by atoms with van der Waals surface area (Å²) < 4.78 is 5.11. The molecule has 0 bridgehead atoms. The highest BCUT2D eigenvalue weighted by atomic mass is 32.2. The van der Waals surface area contributed by atoms with Gasteiger partial charge in [0, 0.05) is 25.8 Å². The van der Waals surface area contributed by atoms with Gasteiger partial charge in [0.15, 0.2) is 5.09 Å². The molecule has 94 valence electrons. The van der Waals surface area contributed by atoms with E-state index in [0.29, 0.717) is 0 Å². The maximum Gasteiger partial charge on any atom is 0.193 e. The molecule has 0 unspecified atom stereocenters. The van der Waals surface area contributed by atoms with Crippen molar-refractivity contribution in [2.45, 2.75) is 5.09 Å². The van der Waals surface area contributed by atoms with Gasteiger partial charge in [-0.15, -0.1) is 0 Å². The first kappa shape index (κ1) is 12.8. The van der Waals surface area contributed by atoms with E-state index in [2.05, 4.69) is 34.3 Å². The fraction of sp³-hybridized carbons (Fsp3) is 0.214. The molecular weight excluding hydrogens is 244 g/mol. The molecule has 0 aliphatic carbocycles. The smallest absolute Gasteiger partial charge is 0.193 e. The minimum absolute atomic E-state index is 0.831. The third-order valence-electron chi connectivity index (χ3n) is 2.56. The molecule has 0 spiro atoms. The molecule has 2 aromatic rings. The molecule has 0 fully saturated rings. The summed E-state index contributed by atoms with van der Waals surface area (Å²) in [5.74, 6) is 0. The second-order valence-electron chi connectivity index (χ2n) is 4.09. The van der Waals surface area contributed by atoms with Crippen molar-refractivity contribution in [3.8, 4) is 0 Å². The summed E-state index contributed by atoms with van der Waals surface area (Å²) in [7, 11) is 4.06. The average Bonchev–Trinajstić information content (AvgIpc) is 2.85. The molecule has 4 heteroatoms. The van der Waals surface area contributed by atoms with Crippen LogP contribution in [-0.2, 0) is 0 Å². The van der Waals surface area contributed by atoms with Gasteiger partial charge in [-0.1, -0.05) is 35.1 Å². The molecule has 2 rings (SSSR count). The quantitative estimate of drug-likeness (QED) is 0.785. The Balaban J connectivity index is 2.08. The number of rotatable bonds is 4. The highest BCUT2D eigenvalue weighted by Crippen LogP contribution is 2.18. The molecule has 0 atom stereocenters. The van der Waals surface area contributed by atoms with Gasteiger partial charge in [-0.2, -0.15) is 0 Å². The van der Waals surface area contributed by atoms with Gasteiger partial charge in [0.25, 0.3) is 0 Å². The van der Waals surface area contributed by atoms with Gasteiger partial charge < -0.3 is 9.42 Å². The zero-order valence-corrected chi connectivity index (χ0v) is 11.6. The van der Waals surface area contributed by atoms with E-state index in [0.717, 1.165) is 16.3 Å². The molecule has 0 saturated carbocycles. The minimum atomic E-state index is 0.831. The monoisotopic (exact) mass is 260 g/mol. The fourth-order valence-corrected chi connectivity index (χ4v) is 1.86. The first-order valence-electron chi connectivity index (χ1n) is 5.65. The maximum absolute atomic E-state index is 5.11. The van der Waals surface area contributed by atoms with E-state index in [9.17, 15) is 0 Å². The first-order chi connectivity index (χ1) is 8.69. The Morgan fingerprint density at radius 2 is 1.89 bits per heavy atom. The summed E-state index contributed by atoms with van der Waals surface area (Å²) in [6, 6.07) is 10.3. The Kier molecular flexibility index (Phi) is 4.10. The Bertz CT molecular complexity index is 529. The number of benzene rings is 1. The van der Waals surface area contributed by atoms with Crippen LogP contribution in [-0.4, -0.2) is 25.5 Å². The SMILES string of the molecule is CSc1cc(/C=C/c2ccc(N(C)C)cc2)no1. The lowest BCUT2D eigenvalue weighted by molar-refractivity contribution is 0.349. The molecule has 3 nitrogen and oxygen atoms in total. The summed E-state index contributed by atoms with van der Waals surface area (Å²) in [5.41, 5.74) is 3.18. The number of thioether (sulfide) groups is 1. The molecule has 18 heavy (non-hydrogen) atoms. The van der Waals surface area contributed by atoms with Gasteiger partial charge in [0.1, 0.15) is 5.69 Å². The van der Waals surface area contributed by atoms with Crippen LogP contribution >= 0.6 is 11.8 Å². The van der Waals surface area contributed by atoms with Crippen LogP contribution in [0.1, 0.15) is 11.3 Å².